The lowest BCUT2D eigenvalue weighted by Gasteiger charge is -2.08. The van der Waals surface area contributed by atoms with Gasteiger partial charge in [-0.25, -0.2) is 4.79 Å². The van der Waals surface area contributed by atoms with E-state index < -0.39 is 5.97 Å². The van der Waals surface area contributed by atoms with Gasteiger partial charge in [0.25, 0.3) is 0 Å². The molecule has 19 heavy (non-hydrogen) atoms. The van der Waals surface area contributed by atoms with Gasteiger partial charge >= 0.3 is 5.97 Å². The highest BCUT2D eigenvalue weighted by Crippen LogP contribution is 2.38. The summed E-state index contributed by atoms with van der Waals surface area (Å²) in [6, 6.07) is 6.96. The number of anilines is 1. The Morgan fingerprint density at radius 2 is 2.16 bits per heavy atom. The summed E-state index contributed by atoms with van der Waals surface area (Å²) in [5.41, 5.74) is 0.673. The third-order valence-corrected chi connectivity index (χ3v) is 3.13. The van der Waals surface area contributed by atoms with Crippen molar-refractivity contribution >= 4 is 17.6 Å². The molecular weight excluding hydrogens is 246 g/mol. The molecule has 2 atom stereocenters. The molecule has 1 aromatic rings. The van der Waals surface area contributed by atoms with Gasteiger partial charge in [0.2, 0.25) is 5.91 Å². The summed E-state index contributed by atoms with van der Waals surface area (Å²) in [6.07, 6.45) is 0.949. The summed E-state index contributed by atoms with van der Waals surface area (Å²) < 4.78 is 9.74. The second-order valence-electron chi connectivity index (χ2n) is 4.70. The Balaban J connectivity index is 1.91. The standard InChI is InChI=1S/C14H17NO4/c1-9-6-12(9)14(17)15-10-4-3-5-11(7-10)19-8-13(16)18-2/h3-5,7,9,12H,6,8H2,1-2H3,(H,15,17)/t9-,12+/m0/s1. The first-order valence-electron chi connectivity index (χ1n) is 6.20. The van der Waals surface area contributed by atoms with E-state index in [1.807, 2.05) is 0 Å². The highest BCUT2D eigenvalue weighted by atomic mass is 16.6. The molecule has 0 spiro atoms. The molecule has 1 fully saturated rings. The van der Waals surface area contributed by atoms with Crippen LogP contribution in [0.1, 0.15) is 13.3 Å². The van der Waals surface area contributed by atoms with E-state index in [-0.39, 0.29) is 18.4 Å². The molecule has 102 valence electrons. The second-order valence-corrected chi connectivity index (χ2v) is 4.70. The van der Waals surface area contributed by atoms with Gasteiger partial charge in [-0.05, 0) is 24.5 Å². The number of rotatable bonds is 5. The third kappa shape index (κ3) is 3.71. The number of carbonyl (C=O) groups excluding carboxylic acids is 2. The lowest BCUT2D eigenvalue weighted by molar-refractivity contribution is -0.142. The van der Waals surface area contributed by atoms with Crippen LogP contribution in [0.25, 0.3) is 0 Å². The van der Waals surface area contributed by atoms with Crippen LogP contribution in [0.3, 0.4) is 0 Å². The number of methoxy groups -OCH3 is 1. The van der Waals surface area contributed by atoms with Crippen LogP contribution in [-0.4, -0.2) is 25.6 Å². The van der Waals surface area contributed by atoms with E-state index in [1.165, 1.54) is 7.11 Å². The average Bonchev–Trinajstić information content (AvgIpc) is 3.13. The minimum Gasteiger partial charge on any atom is -0.482 e. The second kappa shape index (κ2) is 5.73. The Bertz CT molecular complexity index is 486. The topological polar surface area (TPSA) is 64.6 Å². The molecule has 1 N–H and O–H groups in total. The number of hydrogen-bond acceptors (Lipinski definition) is 4. The van der Waals surface area contributed by atoms with Crippen molar-refractivity contribution in [3.63, 3.8) is 0 Å². The van der Waals surface area contributed by atoms with Gasteiger partial charge in [-0.3, -0.25) is 4.79 Å². The number of carbonyl (C=O) groups is 2. The first-order chi connectivity index (χ1) is 9.10. The lowest BCUT2D eigenvalue weighted by Crippen LogP contribution is -2.15. The van der Waals surface area contributed by atoms with Crippen LogP contribution < -0.4 is 10.1 Å². The summed E-state index contributed by atoms with van der Waals surface area (Å²) in [7, 11) is 1.30. The predicted molar refractivity (Wildman–Crippen MR) is 69.9 cm³/mol. The predicted octanol–water partition coefficient (Wildman–Crippen LogP) is 1.83. The van der Waals surface area contributed by atoms with E-state index in [1.54, 1.807) is 24.3 Å². The van der Waals surface area contributed by atoms with Crippen molar-refractivity contribution in [2.75, 3.05) is 19.0 Å². The Labute approximate surface area is 111 Å². The molecule has 0 aliphatic heterocycles. The van der Waals surface area contributed by atoms with Gasteiger partial charge in [0, 0.05) is 17.7 Å². The first-order valence-corrected chi connectivity index (χ1v) is 6.20. The quantitative estimate of drug-likeness (QED) is 0.823. The van der Waals surface area contributed by atoms with Crippen molar-refractivity contribution in [3.05, 3.63) is 24.3 Å². The summed E-state index contributed by atoms with van der Waals surface area (Å²) in [5, 5.41) is 2.84. The average molecular weight is 263 g/mol. The zero-order valence-electron chi connectivity index (χ0n) is 11.0. The van der Waals surface area contributed by atoms with E-state index in [4.69, 9.17) is 4.74 Å². The minimum absolute atomic E-state index is 0.0395. The van der Waals surface area contributed by atoms with Crippen LogP contribution in [0.2, 0.25) is 0 Å². The highest BCUT2D eigenvalue weighted by molar-refractivity contribution is 5.94. The van der Waals surface area contributed by atoms with Crippen LogP contribution in [0.4, 0.5) is 5.69 Å². The van der Waals surface area contributed by atoms with Crippen LogP contribution in [0.15, 0.2) is 24.3 Å². The maximum Gasteiger partial charge on any atom is 0.343 e. The fourth-order valence-corrected chi connectivity index (χ4v) is 1.79. The summed E-state index contributed by atoms with van der Waals surface area (Å²) in [5.74, 6) is 0.712. The molecule has 1 amide bonds. The van der Waals surface area contributed by atoms with E-state index in [2.05, 4.69) is 17.0 Å². The molecule has 1 saturated carbocycles. The molecule has 0 bridgehead atoms. The summed E-state index contributed by atoms with van der Waals surface area (Å²) in [4.78, 5) is 22.7. The van der Waals surface area contributed by atoms with Crippen molar-refractivity contribution in [2.45, 2.75) is 13.3 Å². The van der Waals surface area contributed by atoms with Gasteiger partial charge in [0.05, 0.1) is 7.11 Å². The molecular formula is C14H17NO4. The third-order valence-electron chi connectivity index (χ3n) is 3.13. The van der Waals surface area contributed by atoms with Gasteiger partial charge in [-0.1, -0.05) is 13.0 Å². The Morgan fingerprint density at radius 3 is 2.79 bits per heavy atom. The Hall–Kier alpha value is -2.04. The van der Waals surface area contributed by atoms with Gasteiger partial charge < -0.3 is 14.8 Å². The number of esters is 1. The number of nitrogens with one attached hydrogen (secondary N) is 1. The summed E-state index contributed by atoms with van der Waals surface area (Å²) in [6.45, 7) is 1.91. The maximum absolute atomic E-state index is 11.8. The molecule has 5 heteroatoms. The van der Waals surface area contributed by atoms with E-state index in [9.17, 15) is 9.59 Å². The van der Waals surface area contributed by atoms with Crippen molar-refractivity contribution in [3.8, 4) is 5.75 Å². The first kappa shape index (κ1) is 13.4. The van der Waals surface area contributed by atoms with E-state index in [0.29, 0.717) is 17.4 Å². The molecule has 0 radical (unpaired) electrons. The van der Waals surface area contributed by atoms with Crippen LogP contribution in [0, 0.1) is 11.8 Å². The lowest BCUT2D eigenvalue weighted by atomic mass is 10.2. The molecule has 2 rings (SSSR count). The minimum atomic E-state index is -0.443. The number of benzene rings is 1. The highest BCUT2D eigenvalue weighted by Gasteiger charge is 2.39. The van der Waals surface area contributed by atoms with Crippen LogP contribution in [-0.2, 0) is 14.3 Å². The van der Waals surface area contributed by atoms with Gasteiger partial charge in [-0.15, -0.1) is 0 Å². The fourth-order valence-electron chi connectivity index (χ4n) is 1.79. The fraction of sp³-hybridized carbons (Fsp3) is 0.429. The summed E-state index contributed by atoms with van der Waals surface area (Å²) >= 11 is 0. The largest absolute Gasteiger partial charge is 0.482 e. The van der Waals surface area contributed by atoms with Crippen LogP contribution in [0.5, 0.6) is 5.75 Å². The smallest absolute Gasteiger partial charge is 0.343 e. The Morgan fingerprint density at radius 1 is 1.42 bits per heavy atom. The number of amides is 1. The molecule has 0 unspecified atom stereocenters. The monoisotopic (exact) mass is 263 g/mol. The molecule has 0 heterocycles. The number of hydrogen-bond donors (Lipinski definition) is 1. The van der Waals surface area contributed by atoms with Gasteiger partial charge in [0.15, 0.2) is 6.61 Å². The normalized spacial score (nSPS) is 20.5. The van der Waals surface area contributed by atoms with Crippen molar-refractivity contribution in [2.24, 2.45) is 11.8 Å². The SMILES string of the molecule is COC(=O)COc1cccc(NC(=O)[C@@H]2C[C@@H]2C)c1. The molecule has 0 aromatic heterocycles. The molecule has 0 saturated heterocycles. The molecule has 5 nitrogen and oxygen atoms in total. The van der Waals surface area contributed by atoms with Crippen LogP contribution >= 0.6 is 0 Å². The van der Waals surface area contributed by atoms with Crippen molar-refractivity contribution < 1.29 is 19.1 Å². The molecule has 1 aliphatic carbocycles. The van der Waals surface area contributed by atoms with E-state index in [0.717, 1.165) is 6.42 Å². The van der Waals surface area contributed by atoms with Crippen molar-refractivity contribution in [1.29, 1.82) is 0 Å². The molecule has 1 aliphatic rings. The number of ether oxygens (including phenoxy) is 2. The zero-order valence-corrected chi connectivity index (χ0v) is 11.0. The van der Waals surface area contributed by atoms with Gasteiger partial charge in [0.1, 0.15) is 5.75 Å². The maximum atomic E-state index is 11.8. The van der Waals surface area contributed by atoms with E-state index >= 15 is 0 Å². The molecule has 1 aromatic carbocycles. The zero-order chi connectivity index (χ0) is 13.8. The van der Waals surface area contributed by atoms with Gasteiger partial charge in [-0.2, -0.15) is 0 Å². The Kier molecular flexibility index (Phi) is 4.04. The van der Waals surface area contributed by atoms with Crippen molar-refractivity contribution in [1.82, 2.24) is 0 Å².